The van der Waals surface area contributed by atoms with E-state index in [1.54, 1.807) is 17.0 Å². The zero-order chi connectivity index (χ0) is 14.1. The van der Waals surface area contributed by atoms with Crippen molar-refractivity contribution >= 4 is 5.91 Å². The Kier molecular flexibility index (Phi) is 3.23. The maximum Gasteiger partial charge on any atom is 0.257 e. The highest BCUT2D eigenvalue weighted by molar-refractivity contribution is 5.99. The standard InChI is InChI=1S/C14H15FN4O/c15-10-3-1-9(2-4-10)13-12(7-17-18-13)14(20)19-6-5-11(16)8-19/h1-4,7,11H,5-6,8,16H2,(H,17,18)/t11-/m1/s1. The molecule has 1 aliphatic heterocycles. The number of benzene rings is 1. The number of carbonyl (C=O) groups is 1. The molecule has 104 valence electrons. The summed E-state index contributed by atoms with van der Waals surface area (Å²) in [4.78, 5) is 14.2. The van der Waals surface area contributed by atoms with E-state index in [0.29, 0.717) is 24.3 Å². The Morgan fingerprint density at radius 2 is 2.15 bits per heavy atom. The van der Waals surface area contributed by atoms with Gasteiger partial charge in [0.2, 0.25) is 0 Å². The number of H-pyrrole nitrogens is 1. The third-order valence-electron chi connectivity index (χ3n) is 3.51. The SMILES string of the molecule is N[C@@H]1CCN(C(=O)c2cn[nH]c2-c2ccc(F)cc2)C1. The summed E-state index contributed by atoms with van der Waals surface area (Å²) >= 11 is 0. The summed E-state index contributed by atoms with van der Waals surface area (Å²) in [6, 6.07) is 6.00. The fourth-order valence-electron chi connectivity index (χ4n) is 2.43. The van der Waals surface area contributed by atoms with Gasteiger partial charge in [-0.25, -0.2) is 4.39 Å². The number of nitrogens with two attached hydrogens (primary N) is 1. The number of halogens is 1. The zero-order valence-corrected chi connectivity index (χ0v) is 10.8. The third kappa shape index (κ3) is 2.30. The van der Waals surface area contributed by atoms with Crippen molar-refractivity contribution in [1.29, 1.82) is 0 Å². The number of amides is 1. The van der Waals surface area contributed by atoms with Crippen LogP contribution in [0, 0.1) is 5.82 Å². The molecule has 2 aromatic rings. The van der Waals surface area contributed by atoms with E-state index in [2.05, 4.69) is 10.2 Å². The lowest BCUT2D eigenvalue weighted by Gasteiger charge is -2.15. The van der Waals surface area contributed by atoms with Crippen molar-refractivity contribution in [2.75, 3.05) is 13.1 Å². The van der Waals surface area contributed by atoms with Gasteiger partial charge in [-0.3, -0.25) is 9.89 Å². The number of nitrogens with one attached hydrogen (secondary N) is 1. The highest BCUT2D eigenvalue weighted by Gasteiger charge is 2.27. The van der Waals surface area contributed by atoms with Crippen molar-refractivity contribution in [3.63, 3.8) is 0 Å². The van der Waals surface area contributed by atoms with Gasteiger partial charge >= 0.3 is 0 Å². The number of nitrogens with zero attached hydrogens (tertiary/aromatic N) is 2. The van der Waals surface area contributed by atoms with Crippen LogP contribution in [0.3, 0.4) is 0 Å². The van der Waals surface area contributed by atoms with Crippen molar-refractivity contribution in [3.8, 4) is 11.3 Å². The first-order chi connectivity index (χ1) is 9.65. The number of hydrogen-bond acceptors (Lipinski definition) is 3. The largest absolute Gasteiger partial charge is 0.337 e. The Morgan fingerprint density at radius 3 is 2.80 bits per heavy atom. The van der Waals surface area contributed by atoms with Crippen LogP contribution in [0.25, 0.3) is 11.3 Å². The molecule has 0 radical (unpaired) electrons. The van der Waals surface area contributed by atoms with Crippen molar-refractivity contribution in [2.45, 2.75) is 12.5 Å². The number of aromatic nitrogens is 2. The molecule has 0 bridgehead atoms. The Morgan fingerprint density at radius 1 is 1.40 bits per heavy atom. The summed E-state index contributed by atoms with van der Waals surface area (Å²) in [7, 11) is 0. The molecule has 1 saturated heterocycles. The fourth-order valence-corrected chi connectivity index (χ4v) is 2.43. The Hall–Kier alpha value is -2.21. The smallest absolute Gasteiger partial charge is 0.257 e. The Labute approximate surface area is 115 Å². The summed E-state index contributed by atoms with van der Waals surface area (Å²) < 4.78 is 13.0. The van der Waals surface area contributed by atoms with Gasteiger partial charge in [0, 0.05) is 24.7 Å². The molecular formula is C14H15FN4O. The molecule has 1 aromatic heterocycles. The van der Waals surface area contributed by atoms with Gasteiger partial charge < -0.3 is 10.6 Å². The van der Waals surface area contributed by atoms with Crippen LogP contribution in [0.4, 0.5) is 4.39 Å². The van der Waals surface area contributed by atoms with E-state index in [1.807, 2.05) is 0 Å². The van der Waals surface area contributed by atoms with E-state index in [4.69, 9.17) is 5.73 Å². The summed E-state index contributed by atoms with van der Waals surface area (Å²) in [6.45, 7) is 1.22. The van der Waals surface area contributed by atoms with Crippen LogP contribution < -0.4 is 5.73 Å². The zero-order valence-electron chi connectivity index (χ0n) is 10.8. The molecule has 5 nitrogen and oxygen atoms in total. The highest BCUT2D eigenvalue weighted by Crippen LogP contribution is 2.23. The molecule has 20 heavy (non-hydrogen) atoms. The Balaban J connectivity index is 1.90. The van der Waals surface area contributed by atoms with Crippen LogP contribution in [0.1, 0.15) is 16.8 Å². The molecule has 3 N–H and O–H groups in total. The van der Waals surface area contributed by atoms with Crippen LogP contribution in [-0.4, -0.2) is 40.1 Å². The number of likely N-dealkylation sites (tertiary alicyclic amines) is 1. The highest BCUT2D eigenvalue weighted by atomic mass is 19.1. The predicted molar refractivity (Wildman–Crippen MR) is 72.5 cm³/mol. The lowest BCUT2D eigenvalue weighted by molar-refractivity contribution is 0.0791. The van der Waals surface area contributed by atoms with Crippen LogP contribution in [0.5, 0.6) is 0 Å². The Bertz CT molecular complexity index is 622. The topological polar surface area (TPSA) is 75.0 Å². The van der Waals surface area contributed by atoms with Gasteiger partial charge in [-0.2, -0.15) is 5.10 Å². The van der Waals surface area contributed by atoms with Gasteiger partial charge in [0.05, 0.1) is 17.5 Å². The molecule has 3 rings (SSSR count). The molecule has 0 spiro atoms. The van der Waals surface area contributed by atoms with E-state index in [9.17, 15) is 9.18 Å². The molecule has 0 unspecified atom stereocenters. The summed E-state index contributed by atoms with van der Waals surface area (Å²) in [5.41, 5.74) is 7.65. The summed E-state index contributed by atoms with van der Waals surface area (Å²) in [5.74, 6) is -0.405. The molecular weight excluding hydrogens is 259 g/mol. The van der Waals surface area contributed by atoms with E-state index < -0.39 is 0 Å². The third-order valence-corrected chi connectivity index (χ3v) is 3.51. The van der Waals surface area contributed by atoms with Gasteiger partial charge in [-0.15, -0.1) is 0 Å². The average molecular weight is 274 g/mol. The molecule has 1 amide bonds. The minimum absolute atomic E-state index is 0.0418. The maximum atomic E-state index is 13.0. The van der Waals surface area contributed by atoms with Crippen molar-refractivity contribution < 1.29 is 9.18 Å². The van der Waals surface area contributed by atoms with Crippen molar-refractivity contribution in [2.24, 2.45) is 5.73 Å². The van der Waals surface area contributed by atoms with E-state index in [1.165, 1.54) is 18.3 Å². The quantitative estimate of drug-likeness (QED) is 0.869. The van der Waals surface area contributed by atoms with Crippen molar-refractivity contribution in [1.82, 2.24) is 15.1 Å². The van der Waals surface area contributed by atoms with Gasteiger partial charge in [0.15, 0.2) is 0 Å². The predicted octanol–water partition coefficient (Wildman–Crippen LogP) is 1.39. The molecule has 1 aromatic carbocycles. The van der Waals surface area contributed by atoms with E-state index in [0.717, 1.165) is 12.0 Å². The fraction of sp³-hybridized carbons (Fsp3) is 0.286. The second-order valence-electron chi connectivity index (χ2n) is 4.97. The second-order valence-corrected chi connectivity index (χ2v) is 4.97. The summed E-state index contributed by atoms with van der Waals surface area (Å²) in [5, 5.41) is 6.74. The lowest BCUT2D eigenvalue weighted by Crippen LogP contribution is -2.31. The van der Waals surface area contributed by atoms with E-state index >= 15 is 0 Å². The van der Waals surface area contributed by atoms with Crippen molar-refractivity contribution in [3.05, 3.63) is 41.8 Å². The van der Waals surface area contributed by atoms with Crippen LogP contribution in [0.15, 0.2) is 30.5 Å². The molecule has 0 aliphatic carbocycles. The molecule has 0 saturated carbocycles. The van der Waals surface area contributed by atoms with Gasteiger partial charge in [0.1, 0.15) is 5.82 Å². The van der Waals surface area contributed by atoms with Gasteiger partial charge in [-0.1, -0.05) is 0 Å². The lowest BCUT2D eigenvalue weighted by atomic mass is 10.1. The molecule has 2 heterocycles. The minimum Gasteiger partial charge on any atom is -0.337 e. The first-order valence-corrected chi connectivity index (χ1v) is 6.49. The second kappa shape index (κ2) is 5.05. The van der Waals surface area contributed by atoms with Gasteiger partial charge in [0.25, 0.3) is 5.91 Å². The number of aromatic amines is 1. The molecule has 1 aliphatic rings. The number of rotatable bonds is 2. The number of carbonyl (C=O) groups excluding carboxylic acids is 1. The van der Waals surface area contributed by atoms with Gasteiger partial charge in [-0.05, 0) is 30.7 Å². The normalized spacial score (nSPS) is 18.5. The molecule has 6 heteroatoms. The van der Waals surface area contributed by atoms with Crippen LogP contribution in [-0.2, 0) is 0 Å². The van der Waals surface area contributed by atoms with Crippen LogP contribution in [0.2, 0.25) is 0 Å². The molecule has 1 fully saturated rings. The monoisotopic (exact) mass is 274 g/mol. The summed E-state index contributed by atoms with van der Waals surface area (Å²) in [6.07, 6.45) is 2.32. The first-order valence-electron chi connectivity index (χ1n) is 6.49. The average Bonchev–Trinajstić information content (AvgIpc) is 3.07. The van der Waals surface area contributed by atoms with Crippen LogP contribution >= 0.6 is 0 Å². The molecule has 1 atom stereocenters. The van der Waals surface area contributed by atoms with E-state index in [-0.39, 0.29) is 17.8 Å². The first kappa shape index (κ1) is 12.8. The minimum atomic E-state index is -0.313. The maximum absolute atomic E-state index is 13.0. The number of hydrogen-bond donors (Lipinski definition) is 2.